The van der Waals surface area contributed by atoms with Crippen LogP contribution in [-0.2, 0) is 0 Å². The van der Waals surface area contributed by atoms with Gasteiger partial charge in [0.25, 0.3) is 0 Å². The van der Waals surface area contributed by atoms with Crippen molar-refractivity contribution in [2.75, 3.05) is 10.6 Å². The van der Waals surface area contributed by atoms with Crippen molar-refractivity contribution in [1.82, 2.24) is 4.98 Å². The molecule has 1 aromatic heterocycles. The van der Waals surface area contributed by atoms with Crippen LogP contribution in [-0.4, -0.2) is 10.9 Å². The molecule has 0 spiro atoms. The highest BCUT2D eigenvalue weighted by Crippen LogP contribution is 2.26. The molecule has 6 heteroatoms. The number of aromatic nitrogens is 1. The summed E-state index contributed by atoms with van der Waals surface area (Å²) in [6.07, 6.45) is 1.40. The van der Waals surface area contributed by atoms with Gasteiger partial charge in [-0.15, -0.1) is 0 Å². The second kappa shape index (κ2) is 7.89. The maximum Gasteiger partial charge on any atom is 0.250 e. The summed E-state index contributed by atoms with van der Waals surface area (Å²) in [4.78, 5) is 15.3. The molecule has 1 atom stereocenters. The molecule has 2 aromatic carbocycles. The fraction of sp³-hybridized carbons (Fsp3) is 0.100. The van der Waals surface area contributed by atoms with E-state index in [1.54, 1.807) is 0 Å². The van der Waals surface area contributed by atoms with E-state index in [0.29, 0.717) is 10.8 Å². The van der Waals surface area contributed by atoms with Crippen LogP contribution in [0.4, 0.5) is 17.2 Å². The Morgan fingerprint density at radius 1 is 1.08 bits per heavy atom. The number of halogens is 1. The summed E-state index contributed by atoms with van der Waals surface area (Å²) in [5.41, 5.74) is 8.56. The van der Waals surface area contributed by atoms with Gasteiger partial charge in [-0.05, 0) is 42.8 Å². The van der Waals surface area contributed by atoms with Gasteiger partial charge in [0.2, 0.25) is 5.91 Å². The molecule has 0 saturated heterocycles. The number of amides is 1. The first-order valence-electron chi connectivity index (χ1n) is 8.17. The Hall–Kier alpha value is -3.05. The standard InChI is InChI=1S/C20H19ClN4O/c1-13(14-5-3-2-4-6-14)24-16-7-9-17(10-8-16)25-20-18(21)11-15(12-23-20)19(22)26/h2-13,24H,1H3,(H2,22,26)(H,23,25). The molecule has 3 aromatic rings. The van der Waals surface area contributed by atoms with E-state index >= 15 is 0 Å². The monoisotopic (exact) mass is 366 g/mol. The molecule has 1 unspecified atom stereocenters. The van der Waals surface area contributed by atoms with Crippen LogP contribution >= 0.6 is 11.6 Å². The molecule has 0 saturated carbocycles. The molecule has 4 N–H and O–H groups in total. The summed E-state index contributed by atoms with van der Waals surface area (Å²) < 4.78 is 0. The highest BCUT2D eigenvalue weighted by molar-refractivity contribution is 6.33. The van der Waals surface area contributed by atoms with E-state index in [9.17, 15) is 4.79 Å². The quantitative estimate of drug-likeness (QED) is 0.588. The molecule has 132 valence electrons. The number of carbonyl (C=O) groups excluding carboxylic acids is 1. The fourth-order valence-electron chi connectivity index (χ4n) is 2.53. The summed E-state index contributed by atoms with van der Waals surface area (Å²) in [5.74, 6) is -0.0936. The van der Waals surface area contributed by atoms with E-state index < -0.39 is 5.91 Å². The Balaban J connectivity index is 1.67. The third-order valence-corrected chi connectivity index (χ3v) is 4.24. The number of rotatable bonds is 6. The maximum atomic E-state index is 11.1. The van der Waals surface area contributed by atoms with Crippen LogP contribution in [0.15, 0.2) is 66.9 Å². The van der Waals surface area contributed by atoms with Gasteiger partial charge in [-0.25, -0.2) is 4.98 Å². The van der Waals surface area contributed by atoms with Crippen molar-refractivity contribution in [3.8, 4) is 0 Å². The molecular formula is C20H19ClN4O. The van der Waals surface area contributed by atoms with Gasteiger partial charge in [0.15, 0.2) is 0 Å². The van der Waals surface area contributed by atoms with E-state index in [2.05, 4.69) is 34.7 Å². The number of benzene rings is 2. The second-order valence-corrected chi connectivity index (χ2v) is 6.30. The van der Waals surface area contributed by atoms with Gasteiger partial charge in [-0.1, -0.05) is 41.9 Å². The number of nitrogens with zero attached hydrogens (tertiary/aromatic N) is 1. The number of nitrogens with two attached hydrogens (primary N) is 1. The molecule has 0 aliphatic heterocycles. The lowest BCUT2D eigenvalue weighted by Crippen LogP contribution is -2.11. The number of nitrogens with one attached hydrogen (secondary N) is 2. The molecule has 3 rings (SSSR count). The van der Waals surface area contributed by atoms with Crippen molar-refractivity contribution >= 4 is 34.7 Å². The Bertz CT molecular complexity index is 897. The van der Waals surface area contributed by atoms with Crippen molar-refractivity contribution in [3.05, 3.63) is 83.0 Å². The van der Waals surface area contributed by atoms with Crippen LogP contribution in [0.5, 0.6) is 0 Å². The van der Waals surface area contributed by atoms with Gasteiger partial charge >= 0.3 is 0 Å². The van der Waals surface area contributed by atoms with Crippen molar-refractivity contribution in [2.24, 2.45) is 5.73 Å². The number of hydrogen-bond acceptors (Lipinski definition) is 4. The summed E-state index contributed by atoms with van der Waals surface area (Å²) >= 11 is 6.15. The third kappa shape index (κ3) is 4.32. The molecule has 1 heterocycles. The van der Waals surface area contributed by atoms with Crippen molar-refractivity contribution < 1.29 is 4.79 Å². The number of hydrogen-bond donors (Lipinski definition) is 3. The molecular weight excluding hydrogens is 348 g/mol. The van der Waals surface area contributed by atoms with Crippen LogP contribution in [0, 0.1) is 0 Å². The van der Waals surface area contributed by atoms with Gasteiger partial charge in [0, 0.05) is 23.6 Å². The SMILES string of the molecule is CC(Nc1ccc(Nc2ncc(C(N)=O)cc2Cl)cc1)c1ccccc1. The van der Waals surface area contributed by atoms with Crippen LogP contribution < -0.4 is 16.4 Å². The predicted molar refractivity (Wildman–Crippen MR) is 106 cm³/mol. The Morgan fingerprint density at radius 2 is 1.73 bits per heavy atom. The smallest absolute Gasteiger partial charge is 0.250 e. The first-order valence-corrected chi connectivity index (χ1v) is 8.54. The van der Waals surface area contributed by atoms with Crippen molar-refractivity contribution in [2.45, 2.75) is 13.0 Å². The van der Waals surface area contributed by atoms with Crippen molar-refractivity contribution in [3.63, 3.8) is 0 Å². The molecule has 0 aliphatic rings. The van der Waals surface area contributed by atoms with Gasteiger partial charge in [-0.2, -0.15) is 0 Å². The number of anilines is 3. The first kappa shape index (κ1) is 17.8. The molecule has 0 aliphatic carbocycles. The van der Waals surface area contributed by atoms with E-state index in [0.717, 1.165) is 11.4 Å². The van der Waals surface area contributed by atoms with E-state index in [1.165, 1.54) is 17.8 Å². The largest absolute Gasteiger partial charge is 0.379 e. The lowest BCUT2D eigenvalue weighted by Gasteiger charge is -2.16. The van der Waals surface area contributed by atoms with Crippen LogP contribution in [0.25, 0.3) is 0 Å². The lowest BCUT2D eigenvalue weighted by molar-refractivity contribution is 0.1000. The van der Waals surface area contributed by atoms with Gasteiger partial charge in [0.1, 0.15) is 5.82 Å². The minimum Gasteiger partial charge on any atom is -0.379 e. The fourth-order valence-corrected chi connectivity index (χ4v) is 2.74. The Labute approximate surface area is 157 Å². The zero-order valence-corrected chi connectivity index (χ0v) is 15.0. The molecule has 26 heavy (non-hydrogen) atoms. The summed E-state index contributed by atoms with van der Waals surface area (Å²) in [7, 11) is 0. The van der Waals surface area contributed by atoms with Gasteiger partial charge < -0.3 is 16.4 Å². The average molecular weight is 367 g/mol. The average Bonchev–Trinajstić information content (AvgIpc) is 2.65. The minimum atomic E-state index is -0.561. The summed E-state index contributed by atoms with van der Waals surface area (Å²) in [6, 6.07) is 19.8. The van der Waals surface area contributed by atoms with Crippen LogP contribution in [0.2, 0.25) is 5.02 Å². The zero-order valence-electron chi connectivity index (χ0n) is 14.2. The Kier molecular flexibility index (Phi) is 5.39. The zero-order chi connectivity index (χ0) is 18.5. The van der Waals surface area contributed by atoms with Crippen LogP contribution in [0.3, 0.4) is 0 Å². The molecule has 0 fully saturated rings. The molecule has 5 nitrogen and oxygen atoms in total. The minimum absolute atomic E-state index is 0.201. The maximum absolute atomic E-state index is 11.1. The topological polar surface area (TPSA) is 80.0 Å². The third-order valence-electron chi connectivity index (χ3n) is 3.96. The first-order chi connectivity index (χ1) is 12.5. The predicted octanol–water partition coefficient (Wildman–Crippen LogP) is 4.75. The number of primary amides is 1. The van der Waals surface area contributed by atoms with E-state index in [4.69, 9.17) is 17.3 Å². The van der Waals surface area contributed by atoms with Crippen molar-refractivity contribution in [1.29, 1.82) is 0 Å². The number of pyridine rings is 1. The summed E-state index contributed by atoms with van der Waals surface area (Å²) in [6.45, 7) is 2.12. The molecule has 0 bridgehead atoms. The molecule has 0 radical (unpaired) electrons. The number of carbonyl (C=O) groups is 1. The normalized spacial score (nSPS) is 11.6. The molecule has 1 amide bonds. The summed E-state index contributed by atoms with van der Waals surface area (Å²) in [5, 5.41) is 6.92. The Morgan fingerprint density at radius 3 is 2.35 bits per heavy atom. The van der Waals surface area contributed by atoms with E-state index in [-0.39, 0.29) is 11.6 Å². The van der Waals surface area contributed by atoms with E-state index in [1.807, 2.05) is 42.5 Å². The highest BCUT2D eigenvalue weighted by Gasteiger charge is 2.08. The lowest BCUT2D eigenvalue weighted by atomic mass is 10.1. The van der Waals surface area contributed by atoms with Gasteiger partial charge in [0.05, 0.1) is 10.6 Å². The second-order valence-electron chi connectivity index (χ2n) is 5.90. The highest BCUT2D eigenvalue weighted by atomic mass is 35.5. The van der Waals surface area contributed by atoms with Gasteiger partial charge in [-0.3, -0.25) is 4.79 Å². The van der Waals surface area contributed by atoms with Crippen LogP contribution in [0.1, 0.15) is 28.9 Å².